The molecule has 4 rings (SSSR count). The molecule has 2 aromatic rings. The van der Waals surface area contributed by atoms with Crippen LogP contribution in [0, 0.1) is 17.0 Å². The van der Waals surface area contributed by atoms with Gasteiger partial charge in [0, 0.05) is 42.3 Å². The number of aryl methyl sites for hydroxylation is 1. The molecule has 2 atom stereocenters. The highest BCUT2D eigenvalue weighted by atomic mass is 16.6. The van der Waals surface area contributed by atoms with E-state index in [0.717, 1.165) is 17.0 Å². The van der Waals surface area contributed by atoms with Gasteiger partial charge in [-0.1, -0.05) is 11.6 Å². The van der Waals surface area contributed by atoms with Crippen molar-refractivity contribution in [3.63, 3.8) is 0 Å². The Morgan fingerprint density at radius 3 is 2.70 bits per heavy atom. The first kappa shape index (κ1) is 20.1. The van der Waals surface area contributed by atoms with Gasteiger partial charge in [0.25, 0.3) is 11.6 Å². The summed E-state index contributed by atoms with van der Waals surface area (Å²) in [6.45, 7) is 8.69. The Hall–Kier alpha value is -3.22. The molecule has 0 saturated heterocycles. The molecular weight excluding hydrogens is 382 g/mol. The van der Waals surface area contributed by atoms with E-state index in [4.69, 9.17) is 0 Å². The first-order chi connectivity index (χ1) is 14.2. The third kappa shape index (κ3) is 2.88. The van der Waals surface area contributed by atoms with Crippen LogP contribution >= 0.6 is 0 Å². The van der Waals surface area contributed by atoms with Crippen molar-refractivity contribution >= 4 is 23.0 Å². The number of nitro groups is 1. The second-order valence-corrected chi connectivity index (χ2v) is 8.61. The zero-order chi connectivity index (χ0) is 21.8. The number of hydrogen-bond acceptors (Lipinski definition) is 4. The molecule has 2 heterocycles. The topological polar surface area (TPSA) is 95.5 Å². The Morgan fingerprint density at radius 2 is 2.03 bits per heavy atom. The van der Waals surface area contributed by atoms with E-state index in [1.54, 1.807) is 0 Å². The van der Waals surface area contributed by atoms with Crippen molar-refractivity contribution in [2.45, 2.75) is 51.5 Å². The molecule has 7 heteroatoms. The number of phenols is 1. The van der Waals surface area contributed by atoms with Crippen LogP contribution in [0.2, 0.25) is 0 Å². The fourth-order valence-corrected chi connectivity index (χ4v) is 4.94. The summed E-state index contributed by atoms with van der Waals surface area (Å²) in [5.41, 5.74) is 4.48. The Bertz CT molecular complexity index is 1100. The normalized spacial score (nSPS) is 21.3. The second-order valence-electron chi connectivity index (χ2n) is 8.61. The fourth-order valence-electron chi connectivity index (χ4n) is 4.94. The number of nitrogens with zero attached hydrogens (tertiary/aromatic N) is 2. The molecule has 0 fully saturated rings. The number of non-ortho nitro benzene ring substituents is 1. The van der Waals surface area contributed by atoms with E-state index >= 15 is 0 Å². The van der Waals surface area contributed by atoms with Gasteiger partial charge in [-0.05, 0) is 39.8 Å². The number of fused-ring (bicyclic) bond motifs is 2. The Kier molecular flexibility index (Phi) is 4.64. The van der Waals surface area contributed by atoms with Crippen LogP contribution in [0.15, 0.2) is 36.4 Å². The number of phenolic OH excluding ortho intramolecular Hbond substituents is 1. The highest BCUT2D eigenvalue weighted by molar-refractivity contribution is 6.00. The zero-order valence-electron chi connectivity index (χ0n) is 17.6. The molecule has 0 unspecified atom stereocenters. The molecule has 0 aliphatic carbocycles. The van der Waals surface area contributed by atoms with Gasteiger partial charge in [-0.3, -0.25) is 14.9 Å². The average Bonchev–Trinajstić information content (AvgIpc) is 3.17. The molecular formula is C23H26N3O4+. The Labute approximate surface area is 175 Å². The minimum Gasteiger partial charge on any atom is -0.508 e. The number of amides is 1. The van der Waals surface area contributed by atoms with Crippen LogP contribution in [-0.2, 0) is 10.2 Å². The number of carbonyl (C=O) groups is 1. The van der Waals surface area contributed by atoms with Crippen LogP contribution in [0.4, 0.5) is 11.4 Å². The second kappa shape index (κ2) is 6.93. The van der Waals surface area contributed by atoms with Gasteiger partial charge >= 0.3 is 0 Å². The minimum absolute atomic E-state index is 0.0244. The van der Waals surface area contributed by atoms with E-state index in [2.05, 4.69) is 36.7 Å². The third-order valence-corrected chi connectivity index (χ3v) is 6.41. The van der Waals surface area contributed by atoms with Crippen LogP contribution in [0.5, 0.6) is 5.75 Å². The standard InChI is InChI=1S/C23H25N3O4/c1-5-24-22(28)21-16(15-11-14(26(29)30)7-9-19(15)27)12-20-23(3,4)17-10-13(2)6-8-18(17)25(20)21/h6-11,16,21H,5,12H2,1-4H3,(H-,24,27,28)/p+1/t16-,21-/m0/s1. The largest absolute Gasteiger partial charge is 0.508 e. The predicted octanol–water partition coefficient (Wildman–Crippen LogP) is 3.68. The first-order valence-electron chi connectivity index (χ1n) is 10.2. The molecule has 0 radical (unpaired) electrons. The number of benzene rings is 2. The van der Waals surface area contributed by atoms with Gasteiger partial charge in [-0.2, -0.15) is 4.58 Å². The maximum atomic E-state index is 13.2. The minimum atomic E-state index is -0.587. The van der Waals surface area contributed by atoms with Crippen molar-refractivity contribution in [3.8, 4) is 5.75 Å². The van der Waals surface area contributed by atoms with E-state index in [1.165, 1.54) is 23.8 Å². The summed E-state index contributed by atoms with van der Waals surface area (Å²) in [5.74, 6) is -0.559. The van der Waals surface area contributed by atoms with Gasteiger partial charge in [0.05, 0.1) is 16.3 Å². The third-order valence-electron chi connectivity index (χ3n) is 6.41. The summed E-state index contributed by atoms with van der Waals surface area (Å²) in [6, 6.07) is 9.68. The predicted molar refractivity (Wildman–Crippen MR) is 114 cm³/mol. The lowest BCUT2D eigenvalue weighted by atomic mass is 9.76. The van der Waals surface area contributed by atoms with Crippen LogP contribution in [-0.4, -0.2) is 38.8 Å². The van der Waals surface area contributed by atoms with Gasteiger partial charge in [0.2, 0.25) is 11.7 Å². The maximum absolute atomic E-state index is 13.2. The quantitative estimate of drug-likeness (QED) is 0.458. The summed E-state index contributed by atoms with van der Waals surface area (Å²) in [6.07, 6.45) is 0.539. The van der Waals surface area contributed by atoms with Crippen LogP contribution in [0.25, 0.3) is 0 Å². The van der Waals surface area contributed by atoms with Crippen molar-refractivity contribution in [1.82, 2.24) is 5.32 Å². The average molecular weight is 408 g/mol. The van der Waals surface area contributed by atoms with E-state index in [1.807, 2.05) is 19.1 Å². The van der Waals surface area contributed by atoms with Gasteiger partial charge in [-0.15, -0.1) is 0 Å². The van der Waals surface area contributed by atoms with Gasteiger partial charge in [0.1, 0.15) is 5.75 Å². The number of hydrogen-bond donors (Lipinski definition) is 2. The summed E-state index contributed by atoms with van der Waals surface area (Å²) < 4.78 is 2.09. The Morgan fingerprint density at radius 1 is 1.30 bits per heavy atom. The number of nitro benzene ring substituents is 1. The molecule has 2 aliphatic heterocycles. The summed E-state index contributed by atoms with van der Waals surface area (Å²) >= 11 is 0. The Balaban J connectivity index is 1.89. The fraction of sp³-hybridized carbons (Fsp3) is 0.391. The summed E-state index contributed by atoms with van der Waals surface area (Å²) in [4.78, 5) is 24.1. The van der Waals surface area contributed by atoms with Crippen molar-refractivity contribution < 1.29 is 19.4 Å². The molecule has 2 N–H and O–H groups in total. The highest BCUT2D eigenvalue weighted by Crippen LogP contribution is 2.50. The number of carbonyl (C=O) groups excluding carboxylic acids is 1. The molecule has 0 saturated carbocycles. The number of aromatic hydroxyl groups is 1. The smallest absolute Gasteiger partial charge is 0.289 e. The number of rotatable bonds is 4. The molecule has 0 aromatic heterocycles. The number of likely N-dealkylation sites (N-methyl/N-ethyl adjacent to an activating group) is 1. The van der Waals surface area contributed by atoms with Crippen molar-refractivity contribution in [2.24, 2.45) is 0 Å². The molecule has 30 heavy (non-hydrogen) atoms. The van der Waals surface area contributed by atoms with E-state index in [-0.39, 0.29) is 28.7 Å². The SMILES string of the molecule is CCNC(=O)[C@@H]1[C@H](c2cc([N+](=O)[O-])ccc2O)CC2=[N+]1c1ccc(C)cc1C2(C)C. The zero-order valence-corrected chi connectivity index (χ0v) is 17.6. The van der Waals surface area contributed by atoms with E-state index < -0.39 is 11.0 Å². The molecule has 2 aromatic carbocycles. The van der Waals surface area contributed by atoms with Crippen molar-refractivity contribution in [1.29, 1.82) is 0 Å². The molecule has 156 valence electrons. The molecule has 2 aliphatic rings. The summed E-state index contributed by atoms with van der Waals surface area (Å²) in [5, 5.41) is 24.8. The molecule has 1 amide bonds. The van der Waals surface area contributed by atoms with Crippen molar-refractivity contribution in [2.75, 3.05) is 6.54 Å². The first-order valence-corrected chi connectivity index (χ1v) is 10.2. The van der Waals surface area contributed by atoms with Gasteiger partial charge in [0.15, 0.2) is 5.71 Å². The molecule has 0 spiro atoms. The van der Waals surface area contributed by atoms with Gasteiger partial charge in [-0.25, -0.2) is 0 Å². The highest BCUT2D eigenvalue weighted by Gasteiger charge is 2.58. The van der Waals surface area contributed by atoms with E-state index in [9.17, 15) is 20.0 Å². The summed E-state index contributed by atoms with van der Waals surface area (Å²) in [7, 11) is 0. The molecule has 0 bridgehead atoms. The number of nitrogens with one attached hydrogen (secondary N) is 1. The lowest BCUT2D eigenvalue weighted by Gasteiger charge is -2.21. The van der Waals surface area contributed by atoms with Crippen LogP contribution in [0.3, 0.4) is 0 Å². The lowest BCUT2D eigenvalue weighted by molar-refractivity contribution is -0.461. The van der Waals surface area contributed by atoms with Gasteiger partial charge < -0.3 is 10.4 Å². The van der Waals surface area contributed by atoms with Crippen LogP contribution in [0.1, 0.15) is 49.8 Å². The maximum Gasteiger partial charge on any atom is 0.289 e. The van der Waals surface area contributed by atoms with Crippen molar-refractivity contribution in [3.05, 3.63) is 63.2 Å². The monoisotopic (exact) mass is 408 g/mol. The lowest BCUT2D eigenvalue weighted by Crippen LogP contribution is -2.41. The molecule has 7 nitrogen and oxygen atoms in total. The van der Waals surface area contributed by atoms with E-state index in [0.29, 0.717) is 18.5 Å². The van der Waals surface area contributed by atoms with Crippen LogP contribution < -0.4 is 5.32 Å².